The summed E-state index contributed by atoms with van der Waals surface area (Å²) in [6, 6.07) is 7.54. The van der Waals surface area contributed by atoms with Gasteiger partial charge in [0.05, 0.1) is 19.5 Å². The van der Waals surface area contributed by atoms with Gasteiger partial charge in [-0.2, -0.15) is 0 Å². The average molecular weight is 216 g/mol. The molecule has 1 aromatic heterocycles. The molecule has 0 saturated heterocycles. The molecule has 0 amide bonds. The monoisotopic (exact) mass is 216 g/mol. The molecule has 1 heterocycles. The van der Waals surface area contributed by atoms with Gasteiger partial charge < -0.3 is 15.8 Å². The summed E-state index contributed by atoms with van der Waals surface area (Å²) in [6.07, 6.45) is 3.10. The Morgan fingerprint density at radius 2 is 2.19 bits per heavy atom. The number of nitrogens with one attached hydrogen (secondary N) is 1. The molecule has 0 fully saturated rings. The number of ether oxygens (including phenoxy) is 1. The summed E-state index contributed by atoms with van der Waals surface area (Å²) in [4.78, 5) is 8.03. The average Bonchev–Trinajstić information content (AvgIpc) is 2.29. The maximum Gasteiger partial charge on any atom is 0.151 e. The summed E-state index contributed by atoms with van der Waals surface area (Å²) < 4.78 is 5.12. The fourth-order valence-electron chi connectivity index (χ4n) is 1.29. The molecule has 2 aromatic rings. The molecule has 3 N–H and O–H groups in total. The van der Waals surface area contributed by atoms with Crippen molar-refractivity contribution >= 4 is 17.3 Å². The second-order valence-electron chi connectivity index (χ2n) is 3.19. The highest BCUT2D eigenvalue weighted by molar-refractivity contribution is 5.58. The number of anilines is 3. The molecular weight excluding hydrogens is 204 g/mol. The van der Waals surface area contributed by atoms with Crippen molar-refractivity contribution in [1.82, 2.24) is 9.97 Å². The third-order valence-electron chi connectivity index (χ3n) is 2.00. The highest BCUT2D eigenvalue weighted by Crippen LogP contribution is 2.19. The molecule has 0 atom stereocenters. The Bertz CT molecular complexity index is 487. The Labute approximate surface area is 93.3 Å². The van der Waals surface area contributed by atoms with Gasteiger partial charge in [-0.3, -0.25) is 4.98 Å². The standard InChI is InChI=1S/C11H12N4O/c1-16-9-4-2-3-8(5-9)14-11-7-13-6-10(12)15-11/h2-7H,1H3,(H3,12,14,15). The van der Waals surface area contributed by atoms with Crippen LogP contribution in [0.25, 0.3) is 0 Å². The Kier molecular flexibility index (Phi) is 2.86. The number of nitrogens with two attached hydrogens (primary N) is 1. The third kappa shape index (κ3) is 2.38. The van der Waals surface area contributed by atoms with Crippen LogP contribution in [0, 0.1) is 0 Å². The van der Waals surface area contributed by atoms with Crippen molar-refractivity contribution in [2.24, 2.45) is 0 Å². The predicted molar refractivity (Wildman–Crippen MR) is 62.7 cm³/mol. The van der Waals surface area contributed by atoms with Gasteiger partial charge in [0.25, 0.3) is 0 Å². The zero-order valence-electron chi connectivity index (χ0n) is 8.84. The molecule has 0 saturated carbocycles. The molecule has 5 nitrogen and oxygen atoms in total. The Balaban J connectivity index is 2.20. The van der Waals surface area contributed by atoms with Crippen molar-refractivity contribution in [1.29, 1.82) is 0 Å². The number of rotatable bonds is 3. The summed E-state index contributed by atoms with van der Waals surface area (Å²) in [7, 11) is 1.62. The first-order chi connectivity index (χ1) is 7.78. The molecule has 0 unspecified atom stereocenters. The van der Waals surface area contributed by atoms with Gasteiger partial charge in [-0.1, -0.05) is 6.07 Å². The van der Waals surface area contributed by atoms with E-state index in [0.29, 0.717) is 11.6 Å². The molecule has 2 rings (SSSR count). The lowest BCUT2D eigenvalue weighted by Crippen LogP contribution is -1.98. The zero-order valence-corrected chi connectivity index (χ0v) is 8.84. The normalized spacial score (nSPS) is 9.81. The summed E-state index contributed by atoms with van der Waals surface area (Å²) in [6.45, 7) is 0. The van der Waals surface area contributed by atoms with Crippen molar-refractivity contribution < 1.29 is 4.74 Å². The molecule has 0 radical (unpaired) electrons. The number of nitrogen functional groups attached to an aromatic ring is 1. The van der Waals surface area contributed by atoms with Crippen molar-refractivity contribution in [3.63, 3.8) is 0 Å². The molecule has 0 bridgehead atoms. The Morgan fingerprint density at radius 1 is 1.31 bits per heavy atom. The molecule has 1 aromatic carbocycles. The predicted octanol–water partition coefficient (Wildman–Crippen LogP) is 1.81. The molecule has 82 valence electrons. The van der Waals surface area contributed by atoms with E-state index in [9.17, 15) is 0 Å². The van der Waals surface area contributed by atoms with E-state index in [0.717, 1.165) is 11.4 Å². The van der Waals surface area contributed by atoms with Gasteiger partial charge in [-0.25, -0.2) is 4.98 Å². The molecule has 0 aliphatic carbocycles. The first kappa shape index (κ1) is 10.2. The van der Waals surface area contributed by atoms with Crippen LogP contribution in [0.5, 0.6) is 5.75 Å². The third-order valence-corrected chi connectivity index (χ3v) is 2.00. The van der Waals surface area contributed by atoms with Crippen LogP contribution in [0.3, 0.4) is 0 Å². The van der Waals surface area contributed by atoms with Gasteiger partial charge >= 0.3 is 0 Å². The number of aromatic nitrogens is 2. The van der Waals surface area contributed by atoms with Gasteiger partial charge in [0.2, 0.25) is 0 Å². The van der Waals surface area contributed by atoms with Crippen LogP contribution in [-0.2, 0) is 0 Å². The minimum atomic E-state index is 0.382. The highest BCUT2D eigenvalue weighted by atomic mass is 16.5. The Morgan fingerprint density at radius 3 is 2.94 bits per heavy atom. The van der Waals surface area contributed by atoms with E-state index in [-0.39, 0.29) is 0 Å². The zero-order chi connectivity index (χ0) is 11.4. The van der Waals surface area contributed by atoms with Gasteiger partial charge in [-0.15, -0.1) is 0 Å². The van der Waals surface area contributed by atoms with E-state index in [1.54, 1.807) is 13.3 Å². The maximum absolute atomic E-state index is 5.53. The number of methoxy groups -OCH3 is 1. The fourth-order valence-corrected chi connectivity index (χ4v) is 1.29. The van der Waals surface area contributed by atoms with Gasteiger partial charge in [0.15, 0.2) is 5.82 Å². The van der Waals surface area contributed by atoms with Gasteiger partial charge in [0, 0.05) is 11.8 Å². The molecule has 0 spiro atoms. The second-order valence-corrected chi connectivity index (χ2v) is 3.19. The van der Waals surface area contributed by atoms with Crippen molar-refractivity contribution in [2.45, 2.75) is 0 Å². The molecular formula is C11H12N4O. The summed E-state index contributed by atoms with van der Waals surface area (Å²) in [5, 5.41) is 3.09. The van der Waals surface area contributed by atoms with Crippen LogP contribution in [0.4, 0.5) is 17.3 Å². The number of hydrogen-bond donors (Lipinski definition) is 2. The largest absolute Gasteiger partial charge is 0.497 e. The van der Waals surface area contributed by atoms with Crippen LogP contribution < -0.4 is 15.8 Å². The molecule has 5 heteroatoms. The van der Waals surface area contributed by atoms with Crippen molar-refractivity contribution in [3.05, 3.63) is 36.7 Å². The van der Waals surface area contributed by atoms with Crippen LogP contribution in [0.15, 0.2) is 36.7 Å². The first-order valence-electron chi connectivity index (χ1n) is 4.76. The van der Waals surface area contributed by atoms with E-state index in [4.69, 9.17) is 10.5 Å². The molecule has 16 heavy (non-hydrogen) atoms. The first-order valence-corrected chi connectivity index (χ1v) is 4.76. The second kappa shape index (κ2) is 4.48. The van der Waals surface area contributed by atoms with E-state index >= 15 is 0 Å². The van der Waals surface area contributed by atoms with Crippen LogP contribution >= 0.6 is 0 Å². The summed E-state index contributed by atoms with van der Waals surface area (Å²) in [5.41, 5.74) is 6.40. The molecule has 0 aliphatic rings. The lowest BCUT2D eigenvalue weighted by Gasteiger charge is -2.06. The molecule has 0 aliphatic heterocycles. The minimum Gasteiger partial charge on any atom is -0.497 e. The number of benzene rings is 1. The topological polar surface area (TPSA) is 73.1 Å². The SMILES string of the molecule is COc1cccc(Nc2cncc(N)n2)c1. The smallest absolute Gasteiger partial charge is 0.151 e. The number of nitrogens with zero attached hydrogens (tertiary/aromatic N) is 2. The fraction of sp³-hybridized carbons (Fsp3) is 0.0909. The maximum atomic E-state index is 5.53. The highest BCUT2D eigenvalue weighted by Gasteiger charge is 1.98. The summed E-state index contributed by atoms with van der Waals surface area (Å²) in [5.74, 6) is 1.77. The lowest BCUT2D eigenvalue weighted by molar-refractivity contribution is 0.415. The summed E-state index contributed by atoms with van der Waals surface area (Å²) >= 11 is 0. The van der Waals surface area contributed by atoms with Crippen LogP contribution in [-0.4, -0.2) is 17.1 Å². The van der Waals surface area contributed by atoms with E-state index in [2.05, 4.69) is 15.3 Å². The van der Waals surface area contributed by atoms with Crippen LogP contribution in [0.2, 0.25) is 0 Å². The van der Waals surface area contributed by atoms with E-state index < -0.39 is 0 Å². The Hall–Kier alpha value is -2.30. The van der Waals surface area contributed by atoms with Crippen molar-refractivity contribution in [2.75, 3.05) is 18.2 Å². The van der Waals surface area contributed by atoms with Gasteiger partial charge in [-0.05, 0) is 12.1 Å². The van der Waals surface area contributed by atoms with Crippen LogP contribution in [0.1, 0.15) is 0 Å². The van der Waals surface area contributed by atoms with E-state index in [1.807, 2.05) is 24.3 Å². The van der Waals surface area contributed by atoms with Crippen molar-refractivity contribution in [3.8, 4) is 5.75 Å². The van der Waals surface area contributed by atoms with E-state index in [1.165, 1.54) is 6.20 Å². The lowest BCUT2D eigenvalue weighted by atomic mass is 10.3. The quantitative estimate of drug-likeness (QED) is 0.818. The van der Waals surface area contributed by atoms with Gasteiger partial charge in [0.1, 0.15) is 11.6 Å². The minimum absolute atomic E-state index is 0.382. The number of hydrogen-bond acceptors (Lipinski definition) is 5.